The molecule has 8 heteroatoms. The van der Waals surface area contributed by atoms with E-state index in [1.54, 1.807) is 11.2 Å². The molecule has 0 unspecified atom stereocenters. The van der Waals surface area contributed by atoms with Gasteiger partial charge in [-0.05, 0) is 0 Å². The number of aromatic amines is 1. The summed E-state index contributed by atoms with van der Waals surface area (Å²) in [7, 11) is 0. The second-order valence-electron chi connectivity index (χ2n) is 6.23. The van der Waals surface area contributed by atoms with E-state index in [-0.39, 0.29) is 5.91 Å². The summed E-state index contributed by atoms with van der Waals surface area (Å²) in [5.41, 5.74) is 3.11. The van der Waals surface area contributed by atoms with Crippen molar-refractivity contribution in [3.63, 3.8) is 0 Å². The number of anilines is 2. The molecule has 0 aliphatic carbocycles. The number of nitrogens with zero attached hydrogens (tertiary/aromatic N) is 4. The molecule has 2 aliphatic rings. The summed E-state index contributed by atoms with van der Waals surface area (Å²) in [4.78, 5) is 30.9. The van der Waals surface area contributed by atoms with E-state index >= 15 is 0 Å². The number of hydrogen-bond donors (Lipinski definition) is 2. The Morgan fingerprint density at radius 1 is 1.28 bits per heavy atom. The van der Waals surface area contributed by atoms with Crippen LogP contribution in [0.1, 0.15) is 22.3 Å². The summed E-state index contributed by atoms with van der Waals surface area (Å²) in [6.07, 6.45) is 2.79. The van der Waals surface area contributed by atoms with Crippen LogP contribution in [0.5, 0.6) is 0 Å². The first kappa shape index (κ1) is 14.9. The number of fused-ring (bicyclic) bond motifs is 2. The van der Waals surface area contributed by atoms with E-state index in [0.717, 1.165) is 22.5 Å². The third-order valence-corrected chi connectivity index (χ3v) is 7.05. The van der Waals surface area contributed by atoms with Crippen LogP contribution in [0.15, 0.2) is 30.6 Å². The molecule has 1 amide bonds. The van der Waals surface area contributed by atoms with E-state index in [2.05, 4.69) is 25.3 Å². The number of carbonyl (C=O) groups excluding carboxylic acids is 1. The van der Waals surface area contributed by atoms with Gasteiger partial charge in [-0.2, -0.15) is 0 Å². The number of rotatable bonds is 3. The first-order chi connectivity index (χ1) is 12.3. The van der Waals surface area contributed by atoms with Crippen molar-refractivity contribution in [1.82, 2.24) is 19.9 Å². The van der Waals surface area contributed by atoms with Gasteiger partial charge in [-0.15, -0.1) is 0 Å². The molecule has 3 aromatic rings. The second-order valence-corrected chi connectivity index (χ2v) is 8.64. The molecule has 2 aromatic heterocycles. The molecular formula is C17H16N6OSe. The molecule has 126 valence electrons. The number of benzene rings is 1. The summed E-state index contributed by atoms with van der Waals surface area (Å²) in [5, 5.41) is 6.03. The molecule has 25 heavy (non-hydrogen) atoms. The Kier molecular flexibility index (Phi) is 3.46. The molecule has 1 atom stereocenters. The fourth-order valence-electron chi connectivity index (χ4n) is 3.30. The van der Waals surface area contributed by atoms with Crippen LogP contribution in [0.25, 0.3) is 11.2 Å². The average Bonchev–Trinajstić information content (AvgIpc) is 3.35. The number of nitrogens with one attached hydrogen (secondary N) is 2. The molecule has 2 aliphatic heterocycles. The maximum atomic E-state index is 12.7. The van der Waals surface area contributed by atoms with Crippen molar-refractivity contribution in [3.05, 3.63) is 41.7 Å². The Morgan fingerprint density at radius 3 is 3.04 bits per heavy atom. The molecule has 1 aromatic carbocycles. The molecule has 1 fully saturated rings. The van der Waals surface area contributed by atoms with E-state index in [0.29, 0.717) is 39.1 Å². The zero-order valence-electron chi connectivity index (χ0n) is 13.4. The van der Waals surface area contributed by atoms with Gasteiger partial charge >= 0.3 is 150 Å². The first-order valence-corrected chi connectivity index (χ1v) is 10.7. The van der Waals surface area contributed by atoms with Gasteiger partial charge in [0, 0.05) is 0 Å². The maximum absolute atomic E-state index is 12.7. The topological polar surface area (TPSA) is 86.8 Å². The molecule has 2 N–H and O–H groups in total. The van der Waals surface area contributed by atoms with Gasteiger partial charge in [-0.25, -0.2) is 0 Å². The molecule has 4 heterocycles. The Balaban J connectivity index is 1.55. The van der Waals surface area contributed by atoms with Crippen molar-refractivity contribution in [2.45, 2.75) is 29.6 Å². The average molecular weight is 399 g/mol. The second kappa shape index (κ2) is 5.82. The van der Waals surface area contributed by atoms with Gasteiger partial charge in [0.15, 0.2) is 0 Å². The standard InChI is InChI=1S/C17H16N6OSe/c24-16-12-4-2-1-3-10(12)7-23(16)17-21-14-13(18-9-19-14)15(22-17)20-11-5-6-25-8-11/h1-4,9,11H,5-8H2,(H2,18,19,20,21,22)/t11-/m0/s1. The van der Waals surface area contributed by atoms with Gasteiger partial charge in [0.05, 0.1) is 0 Å². The molecule has 0 radical (unpaired) electrons. The summed E-state index contributed by atoms with van der Waals surface area (Å²) in [6, 6.07) is 8.10. The first-order valence-electron chi connectivity index (χ1n) is 8.25. The van der Waals surface area contributed by atoms with Crippen molar-refractivity contribution in [2.75, 3.05) is 10.2 Å². The molecule has 5 rings (SSSR count). The van der Waals surface area contributed by atoms with Gasteiger partial charge in [0.1, 0.15) is 0 Å². The van der Waals surface area contributed by atoms with Crippen molar-refractivity contribution in [2.24, 2.45) is 0 Å². The predicted octanol–water partition coefficient (Wildman–Crippen LogP) is 2.24. The van der Waals surface area contributed by atoms with Gasteiger partial charge in [0.2, 0.25) is 0 Å². The zero-order chi connectivity index (χ0) is 16.8. The number of aromatic nitrogens is 4. The monoisotopic (exact) mass is 400 g/mol. The van der Waals surface area contributed by atoms with Gasteiger partial charge in [-0.1, -0.05) is 0 Å². The summed E-state index contributed by atoms with van der Waals surface area (Å²) in [5.74, 6) is 1.09. The summed E-state index contributed by atoms with van der Waals surface area (Å²) < 4.78 is 0. The van der Waals surface area contributed by atoms with Gasteiger partial charge in [-0.3, -0.25) is 0 Å². The zero-order valence-corrected chi connectivity index (χ0v) is 15.1. The normalized spacial score (nSPS) is 19.6. The van der Waals surface area contributed by atoms with E-state index < -0.39 is 0 Å². The minimum atomic E-state index is -0.0550. The van der Waals surface area contributed by atoms with Crippen molar-refractivity contribution in [3.8, 4) is 0 Å². The molecule has 1 saturated heterocycles. The number of imidazole rings is 1. The van der Waals surface area contributed by atoms with Crippen LogP contribution in [0, 0.1) is 0 Å². The van der Waals surface area contributed by atoms with Crippen LogP contribution >= 0.6 is 0 Å². The van der Waals surface area contributed by atoms with E-state index in [1.165, 1.54) is 17.1 Å². The predicted molar refractivity (Wildman–Crippen MR) is 96.0 cm³/mol. The SMILES string of the molecule is O=C1c2ccccc2CN1c1nc(N[C@H]2CC[Se]C2)c2[nH]cnc2n1. The van der Waals surface area contributed by atoms with Crippen LogP contribution in [-0.2, 0) is 6.54 Å². The number of amides is 1. The quantitative estimate of drug-likeness (QED) is 0.660. The third kappa shape index (κ3) is 2.49. The van der Waals surface area contributed by atoms with Crippen LogP contribution in [0.4, 0.5) is 11.8 Å². The van der Waals surface area contributed by atoms with Gasteiger partial charge < -0.3 is 0 Å². The third-order valence-electron chi connectivity index (χ3n) is 4.61. The van der Waals surface area contributed by atoms with Crippen LogP contribution in [-0.4, -0.2) is 46.8 Å². The van der Waals surface area contributed by atoms with Crippen molar-refractivity contribution in [1.29, 1.82) is 0 Å². The van der Waals surface area contributed by atoms with Crippen LogP contribution < -0.4 is 10.2 Å². The summed E-state index contributed by atoms with van der Waals surface area (Å²) in [6.45, 7) is 0.497. The fraction of sp³-hybridized carbons (Fsp3) is 0.294. The molecule has 7 nitrogen and oxygen atoms in total. The fourth-order valence-corrected chi connectivity index (χ4v) is 5.72. The van der Waals surface area contributed by atoms with Crippen LogP contribution in [0.3, 0.4) is 0 Å². The number of hydrogen-bond acceptors (Lipinski definition) is 5. The Hall–Kier alpha value is -2.44. The summed E-state index contributed by atoms with van der Waals surface area (Å²) >= 11 is 0.715. The van der Waals surface area contributed by atoms with Crippen LogP contribution in [0.2, 0.25) is 10.6 Å². The number of carbonyl (C=O) groups is 1. The molecule has 0 spiro atoms. The van der Waals surface area contributed by atoms with E-state index in [1.807, 2.05) is 24.3 Å². The Morgan fingerprint density at radius 2 is 2.20 bits per heavy atom. The van der Waals surface area contributed by atoms with E-state index in [9.17, 15) is 4.79 Å². The van der Waals surface area contributed by atoms with Crippen molar-refractivity contribution < 1.29 is 4.79 Å². The van der Waals surface area contributed by atoms with Crippen molar-refractivity contribution >= 4 is 43.8 Å². The molecule has 0 bridgehead atoms. The Labute approximate surface area is 150 Å². The number of H-pyrrole nitrogens is 1. The Bertz CT molecular complexity index is 965. The van der Waals surface area contributed by atoms with E-state index in [4.69, 9.17) is 0 Å². The minimum absolute atomic E-state index is 0.0550. The van der Waals surface area contributed by atoms with Gasteiger partial charge in [0.25, 0.3) is 0 Å². The molecule has 0 saturated carbocycles. The molecular weight excluding hydrogens is 383 g/mol.